The number of benzene rings is 8. The summed E-state index contributed by atoms with van der Waals surface area (Å²) in [5.41, 5.74) is 9.88. The van der Waals surface area contributed by atoms with Gasteiger partial charge in [0.1, 0.15) is 11.2 Å². The number of thiophene rings is 2. The fourth-order valence-corrected chi connectivity index (χ4v) is 10.0. The van der Waals surface area contributed by atoms with Crippen LogP contribution in [0.2, 0.25) is 0 Å². The molecule has 0 unspecified atom stereocenters. The molecular formula is C48H29NOS2. The van der Waals surface area contributed by atoms with Gasteiger partial charge in [0.25, 0.3) is 0 Å². The van der Waals surface area contributed by atoms with Crippen LogP contribution in [0.1, 0.15) is 0 Å². The first-order valence-corrected chi connectivity index (χ1v) is 19.1. The third kappa shape index (κ3) is 4.69. The summed E-state index contributed by atoms with van der Waals surface area (Å²) in [7, 11) is 0. The van der Waals surface area contributed by atoms with Crippen LogP contribution >= 0.6 is 22.7 Å². The molecule has 0 amide bonds. The molecule has 0 spiro atoms. The Balaban J connectivity index is 1.02. The lowest BCUT2D eigenvalue weighted by Crippen LogP contribution is -2.09. The van der Waals surface area contributed by atoms with E-state index in [1.165, 1.54) is 62.6 Å². The van der Waals surface area contributed by atoms with E-state index >= 15 is 0 Å². The highest BCUT2D eigenvalue weighted by molar-refractivity contribution is 7.26. The average Bonchev–Trinajstić information content (AvgIpc) is 3.89. The third-order valence-corrected chi connectivity index (χ3v) is 12.6. The summed E-state index contributed by atoms with van der Waals surface area (Å²) in [4.78, 5) is 2.33. The Morgan fingerprint density at radius 1 is 0.346 bits per heavy atom. The Bertz CT molecular complexity index is 3130. The van der Waals surface area contributed by atoms with Crippen molar-refractivity contribution in [3.8, 4) is 22.3 Å². The summed E-state index contributed by atoms with van der Waals surface area (Å²) in [6.07, 6.45) is 0. The summed E-state index contributed by atoms with van der Waals surface area (Å²) >= 11 is 3.72. The van der Waals surface area contributed by atoms with E-state index in [0.29, 0.717) is 0 Å². The van der Waals surface area contributed by atoms with Gasteiger partial charge < -0.3 is 9.32 Å². The highest BCUT2D eigenvalue weighted by Crippen LogP contribution is 2.43. The molecule has 0 atom stereocenters. The number of hydrogen-bond donors (Lipinski definition) is 0. The molecule has 0 aliphatic carbocycles. The zero-order chi connectivity index (χ0) is 34.2. The highest BCUT2D eigenvalue weighted by Gasteiger charge is 2.17. The van der Waals surface area contributed by atoms with E-state index in [-0.39, 0.29) is 0 Å². The lowest BCUT2D eigenvalue weighted by molar-refractivity contribution is 0.669. The van der Waals surface area contributed by atoms with Crippen molar-refractivity contribution < 1.29 is 4.42 Å². The molecule has 0 aliphatic rings. The number of furan rings is 1. The summed E-state index contributed by atoms with van der Waals surface area (Å²) in [6, 6.07) is 63.7. The molecule has 0 saturated carbocycles. The molecule has 0 bridgehead atoms. The summed E-state index contributed by atoms with van der Waals surface area (Å²) in [5.74, 6) is 0. The smallest absolute Gasteiger partial charge is 0.137 e. The maximum atomic E-state index is 6.37. The Labute approximate surface area is 308 Å². The van der Waals surface area contributed by atoms with E-state index in [0.717, 1.165) is 39.0 Å². The predicted octanol–water partition coefficient (Wildman–Crippen LogP) is 15.1. The molecule has 3 heterocycles. The van der Waals surface area contributed by atoms with Crippen LogP contribution in [0.5, 0.6) is 0 Å². The van der Waals surface area contributed by atoms with Gasteiger partial charge >= 0.3 is 0 Å². The van der Waals surface area contributed by atoms with E-state index in [9.17, 15) is 0 Å². The van der Waals surface area contributed by atoms with Crippen molar-refractivity contribution in [2.75, 3.05) is 4.90 Å². The van der Waals surface area contributed by atoms with Gasteiger partial charge in [-0.2, -0.15) is 0 Å². The molecule has 3 aromatic heterocycles. The molecule has 11 aromatic rings. The maximum absolute atomic E-state index is 6.37. The van der Waals surface area contributed by atoms with Crippen molar-refractivity contribution >= 4 is 102 Å². The SMILES string of the molecule is c1ccc2c(c1)oc1cc(N(c3ccc(-c4ccc5sc6ccccc6c5c4)cc3)c3ccc(-c4cccc5sc6ccccc6c45)cc3)ccc12. The first kappa shape index (κ1) is 29.5. The Hall–Kier alpha value is -6.20. The first-order valence-electron chi connectivity index (χ1n) is 17.5. The molecule has 11 rings (SSSR count). The van der Waals surface area contributed by atoms with Gasteiger partial charge in [-0.05, 0) is 95.1 Å². The van der Waals surface area contributed by atoms with E-state index < -0.39 is 0 Å². The third-order valence-electron chi connectivity index (χ3n) is 10.3. The largest absolute Gasteiger partial charge is 0.456 e. The van der Waals surface area contributed by atoms with Gasteiger partial charge in [-0.25, -0.2) is 0 Å². The average molecular weight is 700 g/mol. The van der Waals surface area contributed by atoms with E-state index in [1.54, 1.807) is 0 Å². The summed E-state index contributed by atoms with van der Waals surface area (Å²) in [5, 5.41) is 7.53. The zero-order valence-corrected chi connectivity index (χ0v) is 29.5. The van der Waals surface area contributed by atoms with Crippen molar-refractivity contribution in [1.29, 1.82) is 0 Å². The topological polar surface area (TPSA) is 16.4 Å². The van der Waals surface area contributed by atoms with Crippen molar-refractivity contribution in [3.63, 3.8) is 0 Å². The highest BCUT2D eigenvalue weighted by atomic mass is 32.1. The van der Waals surface area contributed by atoms with E-state index in [4.69, 9.17) is 4.42 Å². The quantitative estimate of drug-likeness (QED) is 0.178. The van der Waals surface area contributed by atoms with Gasteiger partial charge in [0, 0.05) is 74.2 Å². The summed E-state index contributed by atoms with van der Waals surface area (Å²) in [6.45, 7) is 0. The first-order chi connectivity index (χ1) is 25.7. The van der Waals surface area contributed by atoms with Crippen LogP contribution in [-0.2, 0) is 0 Å². The predicted molar refractivity (Wildman–Crippen MR) is 225 cm³/mol. The minimum Gasteiger partial charge on any atom is -0.456 e. The Morgan fingerprint density at radius 3 is 1.73 bits per heavy atom. The van der Waals surface area contributed by atoms with E-state index in [1.807, 2.05) is 34.8 Å². The number of nitrogens with zero attached hydrogens (tertiary/aromatic N) is 1. The monoisotopic (exact) mass is 699 g/mol. The van der Waals surface area contributed by atoms with Crippen LogP contribution in [0.15, 0.2) is 180 Å². The molecule has 244 valence electrons. The van der Waals surface area contributed by atoms with Crippen LogP contribution in [0.25, 0.3) is 84.5 Å². The molecule has 0 aliphatic heterocycles. The molecule has 2 nitrogen and oxygen atoms in total. The number of fused-ring (bicyclic) bond motifs is 9. The summed E-state index contributed by atoms with van der Waals surface area (Å²) < 4.78 is 11.7. The molecule has 0 fully saturated rings. The van der Waals surface area contributed by atoms with Crippen LogP contribution in [0.4, 0.5) is 17.1 Å². The van der Waals surface area contributed by atoms with Gasteiger partial charge in [0.2, 0.25) is 0 Å². The van der Waals surface area contributed by atoms with Gasteiger partial charge in [-0.3, -0.25) is 0 Å². The van der Waals surface area contributed by atoms with Crippen LogP contribution in [0.3, 0.4) is 0 Å². The standard InChI is InChI=1S/C48H29NOS2/c1-4-12-42-37(8-1)38-26-25-35(29-43(38)50-42)49(33-21-16-30(17-22-33)32-20-27-46-41(28-32)39-9-2-5-13-44(39)51-46)34-23-18-31(19-24-34)36-11-7-15-47-48(36)40-10-3-6-14-45(40)52-47/h1-29H. The molecule has 0 radical (unpaired) electrons. The van der Waals surface area contributed by atoms with E-state index in [2.05, 4.69) is 169 Å². The fraction of sp³-hybridized carbons (Fsp3) is 0. The second-order valence-corrected chi connectivity index (χ2v) is 15.5. The van der Waals surface area contributed by atoms with Crippen molar-refractivity contribution in [2.24, 2.45) is 0 Å². The molecule has 4 heteroatoms. The lowest BCUT2D eigenvalue weighted by atomic mass is 9.99. The number of rotatable bonds is 5. The van der Waals surface area contributed by atoms with Crippen LogP contribution in [0, 0.1) is 0 Å². The van der Waals surface area contributed by atoms with Gasteiger partial charge in [-0.1, -0.05) is 97.1 Å². The van der Waals surface area contributed by atoms with Gasteiger partial charge in [0.05, 0.1) is 0 Å². The van der Waals surface area contributed by atoms with Crippen molar-refractivity contribution in [1.82, 2.24) is 0 Å². The normalized spacial score (nSPS) is 11.8. The minimum absolute atomic E-state index is 0.879. The second-order valence-electron chi connectivity index (χ2n) is 13.3. The second kappa shape index (κ2) is 11.7. The zero-order valence-electron chi connectivity index (χ0n) is 27.9. The minimum atomic E-state index is 0.879. The number of para-hydroxylation sites is 1. The van der Waals surface area contributed by atoms with Crippen molar-refractivity contribution in [2.45, 2.75) is 0 Å². The van der Waals surface area contributed by atoms with Crippen LogP contribution in [-0.4, -0.2) is 0 Å². The van der Waals surface area contributed by atoms with Gasteiger partial charge in [0.15, 0.2) is 0 Å². The molecule has 8 aromatic carbocycles. The van der Waals surface area contributed by atoms with Gasteiger partial charge in [-0.15, -0.1) is 22.7 Å². The lowest BCUT2D eigenvalue weighted by Gasteiger charge is -2.26. The maximum Gasteiger partial charge on any atom is 0.137 e. The molecular weight excluding hydrogens is 671 g/mol. The molecule has 0 N–H and O–H groups in total. The molecule has 52 heavy (non-hydrogen) atoms. The number of anilines is 3. The van der Waals surface area contributed by atoms with Crippen LogP contribution < -0.4 is 4.90 Å². The fourth-order valence-electron chi connectivity index (χ4n) is 7.81. The number of hydrogen-bond acceptors (Lipinski definition) is 4. The van der Waals surface area contributed by atoms with Crippen molar-refractivity contribution in [3.05, 3.63) is 176 Å². The Kier molecular flexibility index (Phi) is 6.63. The Morgan fingerprint density at radius 2 is 0.923 bits per heavy atom. The molecule has 0 saturated heterocycles.